The molecular weight excluding hydrogens is 1270 g/mol. The van der Waals surface area contributed by atoms with Crippen LogP contribution in [0.15, 0.2) is 121 Å². The Kier molecular flexibility index (Phi) is 14.0. The van der Waals surface area contributed by atoms with E-state index in [1.54, 1.807) is 0 Å². The fourth-order valence-corrected chi connectivity index (χ4v) is 22.1. The minimum Gasteiger partial charge on any atom is 2.00 e. The van der Waals surface area contributed by atoms with Crippen LogP contribution in [-0.4, -0.2) is 83.5 Å². The summed E-state index contributed by atoms with van der Waals surface area (Å²) in [6.45, 7) is 0. The van der Waals surface area contributed by atoms with Gasteiger partial charge in [-0.2, -0.15) is 0 Å². The summed E-state index contributed by atoms with van der Waals surface area (Å²) >= 11 is -9.31. The largest absolute Gasteiger partial charge is 2.00 e. The van der Waals surface area contributed by atoms with E-state index in [-0.39, 0.29) is 19.5 Å². The first kappa shape index (κ1) is 48.7. The molecule has 0 aliphatic carbocycles. The standard InChI is InChI=1S/C44H24N4.12CH3.4Sn.Zn/c1-5-13-29(14-6-1)41-33-21-23-35(45-33)42(30-15-7-2-8-16-30)37-25-27-39(47-37)44(32-19-11-4-12-20-32)40-28-26-38(48-40)43(31-17-9-3-10-18-31)36-24-22-34(41)46-36;;;;;;;;;;;;;;;;;/h5-28H;12*1H3;;;;;/q-2;;;;;;;;;;;;;;;;;+2. The summed E-state index contributed by atoms with van der Waals surface area (Å²) in [4.78, 5) is 51.9. The van der Waals surface area contributed by atoms with Gasteiger partial charge >= 0.3 is 421 Å². The van der Waals surface area contributed by atoms with Crippen molar-refractivity contribution in [2.75, 3.05) is 0 Å². The molecule has 4 aromatic carbocycles. The van der Waals surface area contributed by atoms with Crippen molar-refractivity contribution in [1.29, 1.82) is 0 Å². The minimum atomic E-state index is -2.33. The van der Waals surface area contributed by atoms with Gasteiger partial charge in [0.05, 0.1) is 0 Å². The molecule has 0 amide bonds. The van der Waals surface area contributed by atoms with Crippen LogP contribution in [-0.2, 0) is 19.5 Å². The van der Waals surface area contributed by atoms with Gasteiger partial charge in [-0.05, 0) is 0 Å². The van der Waals surface area contributed by atoms with Crippen molar-refractivity contribution in [3.63, 3.8) is 0 Å². The van der Waals surface area contributed by atoms with Crippen molar-refractivity contribution in [3.8, 4) is 44.5 Å². The number of rotatable bonds is 8. The van der Waals surface area contributed by atoms with Crippen LogP contribution >= 0.6 is 0 Å². The predicted molar refractivity (Wildman–Crippen MR) is 290 cm³/mol. The van der Waals surface area contributed by atoms with Crippen molar-refractivity contribution in [3.05, 3.63) is 144 Å². The normalized spacial score (nSPS) is 13.0. The first-order valence-corrected chi connectivity index (χ1v) is 62.7. The third kappa shape index (κ3) is 10.2. The minimum absolute atomic E-state index is 0. The third-order valence-corrected chi connectivity index (χ3v) is 36.3. The van der Waals surface area contributed by atoms with E-state index in [1.165, 1.54) is 14.3 Å². The first-order valence-electron chi connectivity index (χ1n) is 22.7. The van der Waals surface area contributed by atoms with Crippen LogP contribution in [0.2, 0.25) is 59.3 Å². The van der Waals surface area contributed by atoms with Crippen LogP contribution in [0, 0.1) is 0 Å². The van der Waals surface area contributed by atoms with Crippen molar-refractivity contribution >= 4 is 134 Å². The molecule has 2 aliphatic rings. The number of aromatic nitrogens is 4. The van der Waals surface area contributed by atoms with Gasteiger partial charge in [-0.1, -0.05) is 0 Å². The summed E-state index contributed by atoms with van der Waals surface area (Å²) in [5.41, 5.74) is 15.8. The fourth-order valence-electron chi connectivity index (χ4n) is 8.82. The average Bonchev–Trinajstić information content (AvgIpc) is 4.08. The molecule has 0 saturated carbocycles. The summed E-state index contributed by atoms with van der Waals surface area (Å²) in [6, 6.07) is 45.9. The van der Waals surface area contributed by atoms with Gasteiger partial charge in [0.25, 0.3) is 0 Å². The number of hydrogen-bond acceptors (Lipinski definition) is 2. The van der Waals surface area contributed by atoms with Crippen molar-refractivity contribution < 1.29 is 19.5 Å². The van der Waals surface area contributed by atoms with Gasteiger partial charge in [-0.3, -0.25) is 0 Å². The van der Waals surface area contributed by atoms with Crippen molar-refractivity contribution in [2.45, 2.75) is 59.3 Å². The van der Waals surface area contributed by atoms with Gasteiger partial charge in [0.1, 0.15) is 0 Å². The molecule has 0 unspecified atom stereocenters. The maximum Gasteiger partial charge on any atom is 2.00 e. The molecule has 0 spiro atoms. The van der Waals surface area contributed by atoms with E-state index in [2.05, 4.69) is 205 Å². The Labute approximate surface area is 416 Å². The summed E-state index contributed by atoms with van der Waals surface area (Å²) in [7, 11) is 0. The molecule has 5 heterocycles. The Morgan fingerprint density at radius 1 is 0.277 bits per heavy atom. The summed E-state index contributed by atoms with van der Waals surface area (Å²) in [6.07, 6.45) is 8.74. The second-order valence-electron chi connectivity index (χ2n) is 21.7. The van der Waals surface area contributed by atoms with Gasteiger partial charge in [0.2, 0.25) is 0 Å². The molecule has 0 fully saturated rings. The monoisotopic (exact) mass is 1330 g/mol. The zero-order valence-corrected chi connectivity index (χ0v) is 54.7. The van der Waals surface area contributed by atoms with Crippen LogP contribution in [0.5, 0.6) is 0 Å². The molecule has 9 rings (SSSR count). The molecule has 0 atom stereocenters. The van der Waals surface area contributed by atoms with Gasteiger partial charge in [0.15, 0.2) is 0 Å². The average molecular weight is 1330 g/mol. The van der Waals surface area contributed by atoms with Crippen LogP contribution in [0.3, 0.4) is 0 Å². The molecule has 65 heavy (non-hydrogen) atoms. The number of nitrogens with zero attached hydrogens (tertiary/aromatic N) is 4. The summed E-state index contributed by atoms with van der Waals surface area (Å²) in [5, 5.41) is 0. The van der Waals surface area contributed by atoms with E-state index in [0.29, 0.717) is 0 Å². The Bertz CT molecular complexity index is 2730. The Morgan fingerprint density at radius 3 is 0.631 bits per heavy atom. The second kappa shape index (κ2) is 18.7. The first-order chi connectivity index (χ1) is 30.2. The van der Waals surface area contributed by atoms with Gasteiger partial charge in [-0.25, -0.2) is 0 Å². The van der Waals surface area contributed by atoms with Crippen LogP contribution in [0.1, 0.15) is 22.8 Å². The quantitative estimate of drug-likeness (QED) is 0.142. The third-order valence-electron chi connectivity index (χ3n) is 12.8. The van der Waals surface area contributed by atoms with Crippen LogP contribution in [0.4, 0.5) is 0 Å². The molecule has 3 aromatic heterocycles. The molecule has 4 nitrogen and oxygen atoms in total. The maximum absolute atomic E-state index is 5.55. The Balaban J connectivity index is 0.00000576. The summed E-state index contributed by atoms with van der Waals surface area (Å²) < 4.78 is 5.99. The van der Waals surface area contributed by atoms with E-state index in [4.69, 9.17) is 19.9 Å². The molecule has 0 saturated heterocycles. The van der Waals surface area contributed by atoms with Gasteiger partial charge in [-0.15, -0.1) is 0 Å². The van der Waals surface area contributed by atoms with Crippen LogP contribution < -0.4 is 24.3 Å². The van der Waals surface area contributed by atoms with E-state index < -0.39 is 73.5 Å². The van der Waals surface area contributed by atoms with Gasteiger partial charge in [0, 0.05) is 0 Å². The molecule has 322 valence electrons. The Morgan fingerprint density at radius 2 is 0.462 bits per heavy atom. The second-order valence-corrected chi connectivity index (χ2v) is 79.6. The molecule has 2 aliphatic heterocycles. The molecule has 8 bridgehead atoms. The van der Waals surface area contributed by atoms with E-state index in [0.717, 1.165) is 89.4 Å². The molecular formula is C56H60N4Sn4Zn. The van der Waals surface area contributed by atoms with E-state index in [9.17, 15) is 0 Å². The predicted octanol–water partition coefficient (Wildman–Crippen LogP) is 12.8. The number of hydrogen-bond donors (Lipinski definition) is 0. The molecule has 9 heteroatoms. The zero-order chi connectivity index (χ0) is 45.3. The van der Waals surface area contributed by atoms with Crippen molar-refractivity contribution in [1.82, 2.24) is 19.9 Å². The van der Waals surface area contributed by atoms with E-state index in [1.807, 2.05) is 0 Å². The molecule has 0 N–H and O–H groups in total. The smallest absolute Gasteiger partial charge is 2.00 e. The SMILES string of the molecule is [CH3][Sn]([CH3])([CH3])[c]1ccc(-c2c3nc(c(-c4cc[c]([Sn]([CH3])([CH3])[CH3])cc4)c4ccc([n-]4)c(-c4cc[c]([Sn]([CH3])([CH3])[CH3])cc4)c4nc(c(-c5cc[c]([Sn]([CH3])([CH3])[CH3])cc5)c5ccc2[n-]5)C=C4)C=C3)cc1.[Zn+2]. The zero-order valence-electron chi connectivity index (χ0n) is 40.4. The molecule has 7 aromatic rings. The van der Waals surface area contributed by atoms with Gasteiger partial charge < -0.3 is 0 Å². The molecule has 0 radical (unpaired) electrons. The van der Waals surface area contributed by atoms with Crippen LogP contribution in [0.25, 0.3) is 90.9 Å². The number of fused-ring (bicyclic) bond motifs is 8. The van der Waals surface area contributed by atoms with Crippen molar-refractivity contribution in [2.24, 2.45) is 0 Å². The number of benzene rings is 4. The Hall–Kier alpha value is -2.70. The topological polar surface area (TPSA) is 54.0 Å². The maximum atomic E-state index is 5.55. The summed E-state index contributed by atoms with van der Waals surface area (Å²) in [5.74, 6) is 0. The fraction of sp³-hybridized carbons (Fsp3) is 0.214. The van der Waals surface area contributed by atoms with E-state index >= 15 is 0 Å².